The number of nitrogens with zero attached hydrogens (tertiary/aromatic N) is 5. The van der Waals surface area contributed by atoms with E-state index in [0.717, 1.165) is 12.8 Å². The Morgan fingerprint density at radius 1 is 1.21 bits per heavy atom. The molecule has 1 spiro atoms. The molecule has 39 heavy (non-hydrogen) atoms. The minimum absolute atomic E-state index is 0.113. The van der Waals surface area contributed by atoms with E-state index in [0.29, 0.717) is 37.6 Å². The number of alkyl halides is 3. The molecule has 2 fully saturated rings. The van der Waals surface area contributed by atoms with Crippen molar-refractivity contribution in [2.24, 2.45) is 5.41 Å². The Morgan fingerprint density at radius 3 is 2.56 bits per heavy atom. The molecule has 0 aliphatic carbocycles. The van der Waals surface area contributed by atoms with Crippen molar-refractivity contribution < 1.29 is 27.8 Å². The number of carboxylic acids is 1. The molecule has 4 heterocycles. The van der Waals surface area contributed by atoms with Gasteiger partial charge >= 0.3 is 12.1 Å². The zero-order valence-electron chi connectivity index (χ0n) is 21.4. The molecule has 3 aromatic rings. The zero-order valence-corrected chi connectivity index (χ0v) is 22.1. The van der Waals surface area contributed by atoms with Gasteiger partial charge < -0.3 is 20.1 Å². The highest BCUT2D eigenvalue weighted by molar-refractivity contribution is 6.30. The van der Waals surface area contributed by atoms with E-state index in [1.807, 2.05) is 4.90 Å². The second-order valence-corrected chi connectivity index (χ2v) is 10.7. The molecule has 9 nitrogen and oxygen atoms in total. The van der Waals surface area contributed by atoms with E-state index in [2.05, 4.69) is 20.4 Å². The van der Waals surface area contributed by atoms with Crippen LogP contribution in [0.15, 0.2) is 36.5 Å². The van der Waals surface area contributed by atoms with Crippen LogP contribution in [-0.2, 0) is 4.79 Å². The van der Waals surface area contributed by atoms with Crippen LogP contribution in [0.1, 0.15) is 42.4 Å². The SMILES string of the molecule is Cc1ccn(-c2cc(Cl)ccc2C(Oc2cc(N3CCC4(CC3)CN[C@H](C(=O)O)C4)nc(C)n2)C(F)(F)F)n1. The summed E-state index contributed by atoms with van der Waals surface area (Å²) in [5.41, 5.74) is 0.513. The summed E-state index contributed by atoms with van der Waals surface area (Å²) in [5.74, 6) is -0.316. The maximum absolute atomic E-state index is 14.4. The first kappa shape index (κ1) is 27.2. The highest BCUT2D eigenvalue weighted by Crippen LogP contribution is 2.42. The molecule has 2 aliphatic rings. The number of halogens is 4. The molecule has 2 aliphatic heterocycles. The minimum atomic E-state index is -4.77. The number of rotatable bonds is 6. The van der Waals surface area contributed by atoms with Gasteiger partial charge in [-0.2, -0.15) is 23.3 Å². The van der Waals surface area contributed by atoms with Crippen LogP contribution >= 0.6 is 11.6 Å². The van der Waals surface area contributed by atoms with Crippen LogP contribution in [0.2, 0.25) is 5.02 Å². The average Bonchev–Trinajstić information content (AvgIpc) is 3.49. The van der Waals surface area contributed by atoms with Gasteiger partial charge in [0, 0.05) is 42.5 Å². The lowest BCUT2D eigenvalue weighted by molar-refractivity contribution is -0.198. The molecule has 5 rings (SSSR count). The number of hydrogen-bond acceptors (Lipinski definition) is 7. The third kappa shape index (κ3) is 5.81. The van der Waals surface area contributed by atoms with Gasteiger partial charge in [-0.25, -0.2) is 9.67 Å². The Kier molecular flexibility index (Phi) is 7.19. The highest BCUT2D eigenvalue weighted by Gasteiger charge is 2.46. The Bertz CT molecular complexity index is 1370. The standard InChI is InChI=1S/C26H28ClF3N6O3/c1-15-5-8-36(34-15)20-11-17(27)3-4-18(20)23(26(28,29)30)39-22-12-21(32-16(2)33-22)35-9-6-25(7-10-35)13-19(24(37)38)31-14-25/h3-5,8,11-12,19,23,31H,6-7,9-10,13-14H2,1-2H3,(H,37,38)/t19-,23?/m0/s1. The van der Waals surface area contributed by atoms with Crippen molar-refractivity contribution >= 4 is 23.4 Å². The summed E-state index contributed by atoms with van der Waals surface area (Å²) in [6.45, 7) is 5.14. The Morgan fingerprint density at radius 2 is 1.95 bits per heavy atom. The van der Waals surface area contributed by atoms with Crippen LogP contribution in [-0.4, -0.2) is 62.7 Å². The van der Waals surface area contributed by atoms with E-state index < -0.39 is 24.3 Å². The quantitative estimate of drug-likeness (QED) is 0.446. The molecule has 0 radical (unpaired) electrons. The molecule has 1 aromatic carbocycles. The summed E-state index contributed by atoms with van der Waals surface area (Å²) in [5, 5.41) is 16.9. The van der Waals surface area contributed by atoms with Crippen molar-refractivity contribution in [3.8, 4) is 11.6 Å². The molecule has 0 amide bonds. The molecule has 13 heteroatoms. The van der Waals surface area contributed by atoms with E-state index >= 15 is 0 Å². The lowest BCUT2D eigenvalue weighted by Gasteiger charge is -2.39. The Hall–Kier alpha value is -3.38. The fourth-order valence-corrected chi connectivity index (χ4v) is 5.51. The number of carboxylic acid groups (broad SMARTS) is 1. The van der Waals surface area contributed by atoms with Gasteiger partial charge in [0.05, 0.1) is 11.4 Å². The van der Waals surface area contributed by atoms with Crippen LogP contribution in [0, 0.1) is 19.3 Å². The second kappa shape index (κ2) is 10.3. The summed E-state index contributed by atoms with van der Waals surface area (Å²) in [7, 11) is 0. The lowest BCUT2D eigenvalue weighted by Crippen LogP contribution is -2.41. The monoisotopic (exact) mass is 564 g/mol. The number of ether oxygens (including phenoxy) is 1. The van der Waals surface area contributed by atoms with Crippen LogP contribution < -0.4 is 15.0 Å². The third-order valence-corrected chi connectivity index (χ3v) is 7.62. The molecule has 208 valence electrons. The molecule has 2 atom stereocenters. The number of benzene rings is 1. The summed E-state index contributed by atoms with van der Waals surface area (Å²) < 4.78 is 50.1. The van der Waals surface area contributed by atoms with Crippen molar-refractivity contribution in [3.05, 3.63) is 58.6 Å². The number of hydrogen-bond donors (Lipinski definition) is 2. The minimum Gasteiger partial charge on any atom is -0.480 e. The Balaban J connectivity index is 1.40. The number of anilines is 1. The second-order valence-electron chi connectivity index (χ2n) is 10.2. The third-order valence-electron chi connectivity index (χ3n) is 7.39. The average molecular weight is 565 g/mol. The van der Waals surface area contributed by atoms with Gasteiger partial charge in [0.25, 0.3) is 0 Å². The number of aliphatic carboxylic acids is 1. The van der Waals surface area contributed by atoms with E-state index in [4.69, 9.17) is 16.3 Å². The highest BCUT2D eigenvalue weighted by atomic mass is 35.5. The predicted octanol–water partition coefficient (Wildman–Crippen LogP) is 4.65. The van der Waals surface area contributed by atoms with Crippen LogP contribution in [0.3, 0.4) is 0 Å². The Labute approximate surface area is 228 Å². The fraction of sp³-hybridized carbons (Fsp3) is 0.462. The molecular weight excluding hydrogens is 537 g/mol. The predicted molar refractivity (Wildman–Crippen MR) is 137 cm³/mol. The van der Waals surface area contributed by atoms with Crippen LogP contribution in [0.5, 0.6) is 5.88 Å². The lowest BCUT2D eigenvalue weighted by atomic mass is 9.76. The van der Waals surface area contributed by atoms with Crippen molar-refractivity contribution in [1.82, 2.24) is 25.1 Å². The first-order valence-electron chi connectivity index (χ1n) is 12.5. The first-order valence-corrected chi connectivity index (χ1v) is 12.9. The molecule has 0 saturated carbocycles. The van der Waals surface area contributed by atoms with Crippen molar-refractivity contribution in [1.29, 1.82) is 0 Å². The van der Waals surface area contributed by atoms with Crippen LogP contribution in [0.4, 0.5) is 19.0 Å². The van der Waals surface area contributed by atoms with E-state index in [1.165, 1.54) is 28.9 Å². The van der Waals surface area contributed by atoms with Gasteiger partial charge in [0.2, 0.25) is 12.0 Å². The molecule has 2 N–H and O–H groups in total. The van der Waals surface area contributed by atoms with E-state index in [9.17, 15) is 23.1 Å². The maximum Gasteiger partial charge on any atom is 0.429 e. The van der Waals surface area contributed by atoms with Gasteiger partial charge in [-0.05, 0) is 56.7 Å². The zero-order chi connectivity index (χ0) is 27.9. The summed E-state index contributed by atoms with van der Waals surface area (Å²) in [6, 6.07) is 6.63. The van der Waals surface area contributed by atoms with Crippen LogP contribution in [0.25, 0.3) is 5.69 Å². The normalized spacial score (nSPS) is 19.8. The van der Waals surface area contributed by atoms with Gasteiger partial charge in [0.15, 0.2) is 0 Å². The molecule has 1 unspecified atom stereocenters. The smallest absolute Gasteiger partial charge is 0.429 e. The summed E-state index contributed by atoms with van der Waals surface area (Å²) in [6.07, 6.45) is -3.50. The summed E-state index contributed by atoms with van der Waals surface area (Å²) >= 11 is 6.13. The summed E-state index contributed by atoms with van der Waals surface area (Å²) in [4.78, 5) is 21.9. The van der Waals surface area contributed by atoms with Crippen molar-refractivity contribution in [2.75, 3.05) is 24.5 Å². The van der Waals surface area contributed by atoms with Crippen molar-refractivity contribution in [3.63, 3.8) is 0 Å². The fourth-order valence-electron chi connectivity index (χ4n) is 5.34. The number of nitrogens with one attached hydrogen (secondary N) is 1. The van der Waals surface area contributed by atoms with E-state index in [-0.39, 0.29) is 33.4 Å². The van der Waals surface area contributed by atoms with Gasteiger partial charge in [0.1, 0.15) is 17.7 Å². The number of piperidine rings is 1. The topological polar surface area (TPSA) is 105 Å². The number of aromatic nitrogens is 4. The number of aryl methyl sites for hydroxylation is 2. The molecule has 2 saturated heterocycles. The molecule has 2 aromatic heterocycles. The molecular formula is C26H28ClF3N6O3. The first-order chi connectivity index (χ1) is 18.4. The van der Waals surface area contributed by atoms with Crippen molar-refractivity contribution in [2.45, 2.75) is 51.4 Å². The van der Waals surface area contributed by atoms with Gasteiger partial charge in [-0.15, -0.1) is 0 Å². The van der Waals surface area contributed by atoms with Gasteiger partial charge in [-0.1, -0.05) is 17.7 Å². The molecule has 0 bridgehead atoms. The van der Waals surface area contributed by atoms with Gasteiger partial charge in [-0.3, -0.25) is 4.79 Å². The number of carbonyl (C=O) groups is 1. The van der Waals surface area contributed by atoms with E-state index in [1.54, 1.807) is 26.1 Å². The maximum atomic E-state index is 14.4. The largest absolute Gasteiger partial charge is 0.480 e.